The van der Waals surface area contributed by atoms with Crippen LogP contribution in [0.1, 0.15) is 51.4 Å². The molecule has 0 aromatic heterocycles. The van der Waals surface area contributed by atoms with E-state index in [9.17, 15) is 0 Å². The molecule has 1 rings (SSSR count). The van der Waals surface area contributed by atoms with Crippen LogP contribution >= 0.6 is 0 Å². The van der Waals surface area contributed by atoms with E-state index >= 15 is 0 Å². The molecule has 0 aromatic rings. The average Bonchev–Trinajstić information content (AvgIpc) is 2.69. The summed E-state index contributed by atoms with van der Waals surface area (Å²) >= 11 is 0. The first-order valence-corrected chi connectivity index (χ1v) is 6.12. The van der Waals surface area contributed by atoms with Gasteiger partial charge in [0.25, 0.3) is 0 Å². The summed E-state index contributed by atoms with van der Waals surface area (Å²) in [6, 6.07) is 0. The highest BCUT2D eigenvalue weighted by Crippen LogP contribution is 2.24. The minimum atomic E-state index is 0.878. The van der Waals surface area contributed by atoms with E-state index in [4.69, 9.17) is 4.74 Å². The van der Waals surface area contributed by atoms with Crippen molar-refractivity contribution in [2.24, 2.45) is 5.92 Å². The molecule has 1 nitrogen and oxygen atoms in total. The summed E-state index contributed by atoms with van der Waals surface area (Å²) in [6.45, 7) is 5.70. The number of hydrogen-bond acceptors (Lipinski definition) is 1. The lowest BCUT2D eigenvalue weighted by Gasteiger charge is -2.09. The fourth-order valence-corrected chi connectivity index (χ4v) is 2.10. The zero-order valence-electron chi connectivity index (χ0n) is 9.34. The van der Waals surface area contributed by atoms with Gasteiger partial charge < -0.3 is 4.74 Å². The Morgan fingerprint density at radius 3 is 2.64 bits per heavy atom. The molecule has 0 unspecified atom stereocenters. The molecule has 1 aliphatic carbocycles. The first-order valence-electron chi connectivity index (χ1n) is 6.12. The minimum Gasteiger partial charge on any atom is -0.381 e. The highest BCUT2D eigenvalue weighted by Gasteiger charge is 2.14. The van der Waals surface area contributed by atoms with Crippen molar-refractivity contribution in [1.82, 2.24) is 0 Å². The first-order chi connectivity index (χ1) is 6.93. The van der Waals surface area contributed by atoms with E-state index in [-0.39, 0.29) is 0 Å². The van der Waals surface area contributed by atoms with Gasteiger partial charge in [-0.05, 0) is 38.0 Å². The highest BCUT2D eigenvalue weighted by molar-refractivity contribution is 4.66. The van der Waals surface area contributed by atoms with Crippen molar-refractivity contribution in [1.29, 1.82) is 0 Å². The van der Waals surface area contributed by atoms with Crippen molar-refractivity contribution < 1.29 is 4.74 Å². The van der Waals surface area contributed by atoms with Crippen LogP contribution in [0.2, 0.25) is 0 Å². The molecule has 0 atom stereocenters. The number of unbranched alkanes of at least 4 members (excludes halogenated alkanes) is 3. The van der Waals surface area contributed by atoms with Crippen LogP contribution in [0.25, 0.3) is 0 Å². The quantitative estimate of drug-likeness (QED) is 0.422. The molecule has 1 saturated carbocycles. The molecule has 1 aliphatic rings. The largest absolute Gasteiger partial charge is 0.381 e. The number of allylic oxidation sites excluding steroid dienone is 1. The highest BCUT2D eigenvalue weighted by atomic mass is 16.5. The van der Waals surface area contributed by atoms with Crippen molar-refractivity contribution in [3.63, 3.8) is 0 Å². The first kappa shape index (κ1) is 11.8. The molecular formula is C13H24O. The van der Waals surface area contributed by atoms with Crippen molar-refractivity contribution in [2.45, 2.75) is 51.4 Å². The van der Waals surface area contributed by atoms with E-state index in [0.29, 0.717) is 0 Å². The van der Waals surface area contributed by atoms with Crippen molar-refractivity contribution in [3.05, 3.63) is 12.7 Å². The standard InChI is InChI=1S/C13H24O/c1-2-3-4-5-8-11-14-12-13-9-6-7-10-13/h2,13H,1,3-12H2. The minimum absolute atomic E-state index is 0.878. The average molecular weight is 196 g/mol. The Balaban J connectivity index is 1.77. The van der Waals surface area contributed by atoms with Crippen molar-refractivity contribution in [2.75, 3.05) is 13.2 Å². The lowest BCUT2D eigenvalue weighted by atomic mass is 10.1. The number of ether oxygens (including phenoxy) is 1. The molecule has 14 heavy (non-hydrogen) atoms. The lowest BCUT2D eigenvalue weighted by Crippen LogP contribution is -2.06. The fraction of sp³-hybridized carbons (Fsp3) is 0.846. The zero-order chi connectivity index (χ0) is 10.1. The van der Waals surface area contributed by atoms with Crippen LogP contribution in [0.15, 0.2) is 12.7 Å². The molecule has 0 saturated heterocycles. The Morgan fingerprint density at radius 1 is 1.14 bits per heavy atom. The molecule has 0 amide bonds. The Hall–Kier alpha value is -0.300. The van der Waals surface area contributed by atoms with Crippen molar-refractivity contribution >= 4 is 0 Å². The van der Waals surface area contributed by atoms with Crippen molar-refractivity contribution in [3.8, 4) is 0 Å². The second-order valence-electron chi connectivity index (χ2n) is 4.36. The maximum absolute atomic E-state index is 5.67. The van der Waals surface area contributed by atoms with Crippen LogP contribution in [0.5, 0.6) is 0 Å². The summed E-state index contributed by atoms with van der Waals surface area (Å²) in [7, 11) is 0. The molecule has 1 fully saturated rings. The van der Waals surface area contributed by atoms with Gasteiger partial charge in [0.2, 0.25) is 0 Å². The van der Waals surface area contributed by atoms with Gasteiger partial charge in [0.1, 0.15) is 0 Å². The van der Waals surface area contributed by atoms with Crippen LogP contribution in [0.3, 0.4) is 0 Å². The summed E-state index contributed by atoms with van der Waals surface area (Å²) in [5.74, 6) is 0.878. The zero-order valence-corrected chi connectivity index (χ0v) is 9.34. The van der Waals surface area contributed by atoms with Gasteiger partial charge in [0, 0.05) is 13.2 Å². The molecule has 82 valence electrons. The summed E-state index contributed by atoms with van der Waals surface area (Å²) in [5.41, 5.74) is 0. The Labute approximate surface area is 88.5 Å². The third-order valence-electron chi connectivity index (χ3n) is 3.03. The lowest BCUT2D eigenvalue weighted by molar-refractivity contribution is 0.0980. The second kappa shape index (κ2) is 8.05. The van der Waals surface area contributed by atoms with E-state index < -0.39 is 0 Å². The molecule has 0 bridgehead atoms. The molecule has 0 aromatic carbocycles. The molecule has 0 aliphatic heterocycles. The molecular weight excluding hydrogens is 172 g/mol. The smallest absolute Gasteiger partial charge is 0.0494 e. The Morgan fingerprint density at radius 2 is 1.93 bits per heavy atom. The van der Waals surface area contributed by atoms with Gasteiger partial charge in [-0.25, -0.2) is 0 Å². The van der Waals surface area contributed by atoms with Crippen LogP contribution < -0.4 is 0 Å². The number of rotatable bonds is 8. The topological polar surface area (TPSA) is 9.23 Å². The van der Waals surface area contributed by atoms with Gasteiger partial charge in [-0.1, -0.05) is 25.3 Å². The van der Waals surface area contributed by atoms with E-state index in [1.54, 1.807) is 0 Å². The maximum atomic E-state index is 5.67. The summed E-state index contributed by atoms with van der Waals surface area (Å²) in [6.07, 6.45) is 12.6. The Kier molecular flexibility index (Phi) is 6.77. The van der Waals surface area contributed by atoms with Gasteiger partial charge in [0.15, 0.2) is 0 Å². The monoisotopic (exact) mass is 196 g/mol. The van der Waals surface area contributed by atoms with Gasteiger partial charge in [0.05, 0.1) is 0 Å². The molecule has 0 heterocycles. The Bertz CT molecular complexity index is 136. The summed E-state index contributed by atoms with van der Waals surface area (Å²) < 4.78 is 5.67. The van der Waals surface area contributed by atoms with E-state index in [1.165, 1.54) is 44.9 Å². The van der Waals surface area contributed by atoms with Gasteiger partial charge in [-0.2, -0.15) is 0 Å². The van der Waals surface area contributed by atoms with Crippen LogP contribution in [-0.2, 0) is 4.74 Å². The molecule has 1 heteroatoms. The summed E-state index contributed by atoms with van der Waals surface area (Å²) in [5, 5.41) is 0. The number of hydrogen-bond donors (Lipinski definition) is 0. The van der Waals surface area contributed by atoms with E-state index in [2.05, 4.69) is 6.58 Å². The van der Waals surface area contributed by atoms with Gasteiger partial charge in [-0.3, -0.25) is 0 Å². The third-order valence-corrected chi connectivity index (χ3v) is 3.03. The third kappa shape index (κ3) is 5.43. The van der Waals surface area contributed by atoms with Crippen LogP contribution in [-0.4, -0.2) is 13.2 Å². The summed E-state index contributed by atoms with van der Waals surface area (Å²) in [4.78, 5) is 0. The molecule has 0 radical (unpaired) electrons. The SMILES string of the molecule is C=CCCCCCOCC1CCCC1. The van der Waals surface area contributed by atoms with Gasteiger partial charge >= 0.3 is 0 Å². The predicted octanol–water partition coefficient (Wildman–Crippen LogP) is 3.94. The van der Waals surface area contributed by atoms with Crippen LogP contribution in [0, 0.1) is 5.92 Å². The van der Waals surface area contributed by atoms with Crippen LogP contribution in [0.4, 0.5) is 0 Å². The fourth-order valence-electron chi connectivity index (χ4n) is 2.10. The van der Waals surface area contributed by atoms with E-state index in [0.717, 1.165) is 25.6 Å². The maximum Gasteiger partial charge on any atom is 0.0494 e. The second-order valence-corrected chi connectivity index (χ2v) is 4.36. The predicted molar refractivity (Wildman–Crippen MR) is 61.4 cm³/mol. The molecule has 0 N–H and O–H groups in total. The van der Waals surface area contributed by atoms with Gasteiger partial charge in [-0.15, -0.1) is 6.58 Å². The molecule has 0 spiro atoms. The normalized spacial score (nSPS) is 17.4. The van der Waals surface area contributed by atoms with E-state index in [1.807, 2.05) is 6.08 Å².